The molecule has 2 rings (SSSR count). The summed E-state index contributed by atoms with van der Waals surface area (Å²) in [5.41, 5.74) is 1.89. The van der Waals surface area contributed by atoms with Gasteiger partial charge in [-0.05, 0) is 30.2 Å². The second kappa shape index (κ2) is 6.27. The third-order valence-corrected chi connectivity index (χ3v) is 2.54. The summed E-state index contributed by atoms with van der Waals surface area (Å²) in [5, 5.41) is 12.3. The van der Waals surface area contributed by atoms with Crippen molar-refractivity contribution in [2.24, 2.45) is 5.16 Å². The molecule has 0 atom stereocenters. The van der Waals surface area contributed by atoms with E-state index in [1.165, 1.54) is 0 Å². The lowest BCUT2D eigenvalue weighted by Gasteiger charge is -2.01. The number of rotatable bonds is 2. The number of hydrogen-bond acceptors (Lipinski definition) is 3. The molecule has 0 amide bonds. The largest absolute Gasteiger partial charge is 0.497 e. The third kappa shape index (κ3) is 3.36. The van der Waals surface area contributed by atoms with Gasteiger partial charge in [0.05, 0.1) is 7.11 Å². The van der Waals surface area contributed by atoms with Crippen LogP contribution in [0.25, 0.3) is 0 Å². The highest BCUT2D eigenvalue weighted by molar-refractivity contribution is 6.13. The number of oxime groups is 1. The summed E-state index contributed by atoms with van der Waals surface area (Å²) >= 11 is 0. The van der Waals surface area contributed by atoms with E-state index in [0.717, 1.165) is 5.56 Å². The smallest absolute Gasteiger partial charge is 0.160 e. The third-order valence-electron chi connectivity index (χ3n) is 2.54. The molecule has 0 fully saturated rings. The van der Waals surface area contributed by atoms with Crippen molar-refractivity contribution in [3.8, 4) is 17.6 Å². The minimum Gasteiger partial charge on any atom is -0.497 e. The maximum Gasteiger partial charge on any atom is 0.160 e. The summed E-state index contributed by atoms with van der Waals surface area (Å²) in [6.07, 6.45) is 0. The zero-order chi connectivity index (χ0) is 13.5. The van der Waals surface area contributed by atoms with Crippen LogP contribution in [0.15, 0.2) is 59.8 Å². The molecule has 94 valence electrons. The van der Waals surface area contributed by atoms with Gasteiger partial charge in [-0.25, -0.2) is 0 Å². The lowest BCUT2D eigenvalue weighted by molar-refractivity contribution is 0.320. The highest BCUT2D eigenvalue weighted by atomic mass is 16.5. The van der Waals surface area contributed by atoms with Crippen molar-refractivity contribution in [2.45, 2.75) is 0 Å². The molecule has 2 aromatic rings. The Hall–Kier alpha value is -2.73. The van der Waals surface area contributed by atoms with E-state index in [1.807, 2.05) is 48.5 Å². The molecule has 3 heteroatoms. The van der Waals surface area contributed by atoms with Crippen molar-refractivity contribution in [3.05, 3.63) is 65.7 Å². The van der Waals surface area contributed by atoms with Gasteiger partial charge in [0.1, 0.15) is 5.75 Å². The SMILES string of the molecule is COc1cccc(/C(C#Cc2ccccc2)=N/O)c1. The van der Waals surface area contributed by atoms with Gasteiger partial charge in [0, 0.05) is 11.1 Å². The lowest BCUT2D eigenvalue weighted by Crippen LogP contribution is -1.98. The van der Waals surface area contributed by atoms with Crippen molar-refractivity contribution in [1.29, 1.82) is 0 Å². The van der Waals surface area contributed by atoms with Crippen LogP contribution in [0.3, 0.4) is 0 Å². The Morgan fingerprint density at radius 3 is 2.58 bits per heavy atom. The zero-order valence-corrected chi connectivity index (χ0v) is 10.5. The Morgan fingerprint density at radius 1 is 1.11 bits per heavy atom. The molecule has 1 N–H and O–H groups in total. The van der Waals surface area contributed by atoms with Gasteiger partial charge in [-0.1, -0.05) is 41.4 Å². The van der Waals surface area contributed by atoms with Crippen molar-refractivity contribution in [1.82, 2.24) is 0 Å². The lowest BCUT2D eigenvalue weighted by atomic mass is 10.1. The molecular formula is C16H13NO2. The van der Waals surface area contributed by atoms with E-state index in [2.05, 4.69) is 17.0 Å². The molecule has 0 saturated carbocycles. The minimum absolute atomic E-state index is 0.308. The van der Waals surface area contributed by atoms with Gasteiger partial charge < -0.3 is 9.94 Å². The van der Waals surface area contributed by atoms with Gasteiger partial charge in [-0.15, -0.1) is 0 Å². The standard InChI is InChI=1S/C16H13NO2/c1-19-15-9-5-8-14(12-15)16(17-18)11-10-13-6-3-2-4-7-13/h2-9,12,18H,1H3/b17-16+. The summed E-state index contributed by atoms with van der Waals surface area (Å²) in [6.45, 7) is 0. The molecule has 0 aliphatic rings. The van der Waals surface area contributed by atoms with E-state index in [0.29, 0.717) is 17.0 Å². The molecule has 0 radical (unpaired) electrons. The van der Waals surface area contributed by atoms with Gasteiger partial charge in [0.2, 0.25) is 0 Å². The number of methoxy groups -OCH3 is 1. The van der Waals surface area contributed by atoms with E-state index in [-0.39, 0.29) is 0 Å². The monoisotopic (exact) mass is 251 g/mol. The fourth-order valence-electron chi connectivity index (χ4n) is 1.58. The van der Waals surface area contributed by atoms with Crippen LogP contribution in [0.5, 0.6) is 5.75 Å². The molecule has 0 bridgehead atoms. The highest BCUT2D eigenvalue weighted by Crippen LogP contribution is 2.13. The summed E-state index contributed by atoms with van der Waals surface area (Å²) in [5.74, 6) is 6.49. The average molecular weight is 251 g/mol. The average Bonchev–Trinajstić information content (AvgIpc) is 2.49. The first kappa shape index (κ1) is 12.7. The Morgan fingerprint density at radius 2 is 1.89 bits per heavy atom. The Balaban J connectivity index is 2.29. The minimum atomic E-state index is 0.308. The first-order valence-electron chi connectivity index (χ1n) is 5.77. The fourth-order valence-corrected chi connectivity index (χ4v) is 1.58. The molecule has 0 saturated heterocycles. The Kier molecular flexibility index (Phi) is 4.20. The number of ether oxygens (including phenoxy) is 1. The van der Waals surface area contributed by atoms with Gasteiger partial charge in [-0.3, -0.25) is 0 Å². The van der Waals surface area contributed by atoms with Crippen LogP contribution in [0.2, 0.25) is 0 Å². The van der Waals surface area contributed by atoms with Crippen LogP contribution in [-0.2, 0) is 0 Å². The molecular weight excluding hydrogens is 238 g/mol. The second-order valence-corrected chi connectivity index (χ2v) is 3.80. The quantitative estimate of drug-likeness (QED) is 0.386. The van der Waals surface area contributed by atoms with E-state index >= 15 is 0 Å². The van der Waals surface area contributed by atoms with E-state index in [4.69, 9.17) is 9.94 Å². The van der Waals surface area contributed by atoms with Crippen LogP contribution in [0.4, 0.5) is 0 Å². The van der Waals surface area contributed by atoms with E-state index < -0.39 is 0 Å². The van der Waals surface area contributed by atoms with Crippen molar-refractivity contribution in [2.75, 3.05) is 7.11 Å². The molecule has 3 nitrogen and oxygen atoms in total. The van der Waals surface area contributed by atoms with Crippen LogP contribution >= 0.6 is 0 Å². The van der Waals surface area contributed by atoms with Crippen LogP contribution in [0, 0.1) is 11.8 Å². The van der Waals surface area contributed by atoms with E-state index in [1.54, 1.807) is 13.2 Å². The van der Waals surface area contributed by atoms with E-state index in [9.17, 15) is 0 Å². The van der Waals surface area contributed by atoms with Crippen molar-refractivity contribution >= 4 is 5.71 Å². The van der Waals surface area contributed by atoms with Gasteiger partial charge in [0.15, 0.2) is 5.71 Å². The molecule has 0 spiro atoms. The maximum absolute atomic E-state index is 9.07. The molecule has 0 aromatic heterocycles. The maximum atomic E-state index is 9.07. The van der Waals surface area contributed by atoms with Gasteiger partial charge >= 0.3 is 0 Å². The zero-order valence-electron chi connectivity index (χ0n) is 10.5. The van der Waals surface area contributed by atoms with Crippen molar-refractivity contribution < 1.29 is 9.94 Å². The summed E-state index contributed by atoms with van der Waals surface area (Å²) in [6, 6.07) is 16.8. The molecule has 19 heavy (non-hydrogen) atoms. The molecule has 0 aliphatic heterocycles. The number of benzene rings is 2. The first-order chi connectivity index (χ1) is 9.33. The normalized spacial score (nSPS) is 10.5. The molecule has 2 aromatic carbocycles. The summed E-state index contributed by atoms with van der Waals surface area (Å²) < 4.78 is 5.13. The Labute approximate surface area is 112 Å². The van der Waals surface area contributed by atoms with Crippen LogP contribution in [0.1, 0.15) is 11.1 Å². The highest BCUT2D eigenvalue weighted by Gasteiger charge is 2.02. The topological polar surface area (TPSA) is 41.8 Å². The fraction of sp³-hybridized carbons (Fsp3) is 0.0625. The van der Waals surface area contributed by atoms with Crippen LogP contribution < -0.4 is 4.74 Å². The van der Waals surface area contributed by atoms with Gasteiger partial charge in [0.25, 0.3) is 0 Å². The molecule has 0 unspecified atom stereocenters. The predicted molar refractivity (Wildman–Crippen MR) is 74.6 cm³/mol. The number of hydrogen-bond donors (Lipinski definition) is 1. The first-order valence-corrected chi connectivity index (χ1v) is 5.77. The van der Waals surface area contributed by atoms with Crippen molar-refractivity contribution in [3.63, 3.8) is 0 Å². The summed E-state index contributed by atoms with van der Waals surface area (Å²) in [7, 11) is 1.59. The Bertz CT molecular complexity index is 637. The summed E-state index contributed by atoms with van der Waals surface area (Å²) in [4.78, 5) is 0. The molecule has 0 heterocycles. The second-order valence-electron chi connectivity index (χ2n) is 3.80. The predicted octanol–water partition coefficient (Wildman–Crippen LogP) is 2.93. The van der Waals surface area contributed by atoms with Gasteiger partial charge in [-0.2, -0.15) is 0 Å². The molecule has 0 aliphatic carbocycles. The van der Waals surface area contributed by atoms with Crippen LogP contribution in [-0.4, -0.2) is 18.0 Å². The number of nitrogens with zero attached hydrogens (tertiary/aromatic N) is 1.